The predicted octanol–water partition coefficient (Wildman–Crippen LogP) is 3.76. The molecule has 0 aliphatic carbocycles. The quantitative estimate of drug-likeness (QED) is 0.912. The van der Waals surface area contributed by atoms with E-state index in [0.717, 1.165) is 11.1 Å². The molecule has 2 atom stereocenters. The van der Waals surface area contributed by atoms with Crippen molar-refractivity contribution in [3.8, 4) is 6.07 Å². The lowest BCUT2D eigenvalue weighted by Gasteiger charge is -2.25. The van der Waals surface area contributed by atoms with Gasteiger partial charge in [-0.2, -0.15) is 5.26 Å². The Morgan fingerprint density at radius 3 is 2.15 bits per heavy atom. The minimum absolute atomic E-state index is 0.594. The van der Waals surface area contributed by atoms with Crippen LogP contribution in [0.2, 0.25) is 0 Å². The van der Waals surface area contributed by atoms with E-state index >= 15 is 0 Å². The first-order valence-electron chi connectivity index (χ1n) is 6.55. The molecule has 100 valence electrons. The molecule has 0 aromatic heterocycles. The maximum absolute atomic E-state index is 10.6. The van der Waals surface area contributed by atoms with Gasteiger partial charge in [-0.1, -0.05) is 72.8 Å². The zero-order valence-electron chi connectivity index (χ0n) is 11.4. The fraction of sp³-hybridized carbons (Fsp3) is 0.167. The van der Waals surface area contributed by atoms with E-state index in [4.69, 9.17) is 0 Å². The average Bonchev–Trinajstić information content (AvgIpc) is 2.48. The van der Waals surface area contributed by atoms with Crippen molar-refractivity contribution >= 4 is 6.08 Å². The summed E-state index contributed by atoms with van der Waals surface area (Å²) < 4.78 is 0. The molecule has 2 aromatic rings. The van der Waals surface area contributed by atoms with Gasteiger partial charge in [0, 0.05) is 0 Å². The molecule has 0 aliphatic heterocycles. The molecule has 2 heteroatoms. The number of nitriles is 1. The summed E-state index contributed by atoms with van der Waals surface area (Å²) in [6.07, 6.45) is 3.52. The van der Waals surface area contributed by atoms with Crippen LogP contribution in [0.25, 0.3) is 6.08 Å². The fourth-order valence-electron chi connectivity index (χ4n) is 2.11. The smallest absolute Gasteiger partial charge is 0.103 e. The van der Waals surface area contributed by atoms with Crippen LogP contribution in [0.3, 0.4) is 0 Å². The third-order valence-corrected chi connectivity index (χ3v) is 3.26. The normalized spacial score (nSPS) is 15.4. The molecular weight excluding hydrogens is 246 g/mol. The van der Waals surface area contributed by atoms with Crippen LogP contribution >= 0.6 is 0 Å². The summed E-state index contributed by atoms with van der Waals surface area (Å²) in [4.78, 5) is 0. The van der Waals surface area contributed by atoms with E-state index in [9.17, 15) is 10.4 Å². The fourth-order valence-corrected chi connectivity index (χ4v) is 2.11. The van der Waals surface area contributed by atoms with Crippen LogP contribution < -0.4 is 0 Å². The Labute approximate surface area is 119 Å². The van der Waals surface area contributed by atoms with Crippen molar-refractivity contribution in [3.05, 3.63) is 77.9 Å². The summed E-state index contributed by atoms with van der Waals surface area (Å²) in [5.41, 5.74) is 0.599. The third kappa shape index (κ3) is 3.34. The van der Waals surface area contributed by atoms with E-state index in [1.807, 2.05) is 66.7 Å². The number of aliphatic hydroxyl groups is 1. The van der Waals surface area contributed by atoms with Crippen molar-refractivity contribution < 1.29 is 5.11 Å². The summed E-state index contributed by atoms with van der Waals surface area (Å²) >= 11 is 0. The van der Waals surface area contributed by atoms with Crippen molar-refractivity contribution in [3.63, 3.8) is 0 Å². The Morgan fingerprint density at radius 2 is 1.60 bits per heavy atom. The zero-order chi connectivity index (χ0) is 14.4. The minimum Gasteiger partial charge on any atom is -0.384 e. The number of nitrogens with zero attached hydrogens (tertiary/aromatic N) is 1. The highest BCUT2D eigenvalue weighted by Crippen LogP contribution is 2.29. The topological polar surface area (TPSA) is 44.0 Å². The summed E-state index contributed by atoms with van der Waals surface area (Å²) in [6.45, 7) is 1.66. The highest BCUT2D eigenvalue weighted by molar-refractivity contribution is 5.51. The van der Waals surface area contributed by atoms with E-state index in [0.29, 0.717) is 0 Å². The van der Waals surface area contributed by atoms with E-state index in [1.54, 1.807) is 13.0 Å². The maximum atomic E-state index is 10.6. The Balaban J connectivity index is 2.25. The monoisotopic (exact) mass is 263 g/mol. The highest BCUT2D eigenvalue weighted by atomic mass is 16.3. The van der Waals surface area contributed by atoms with E-state index < -0.39 is 11.5 Å². The van der Waals surface area contributed by atoms with Gasteiger partial charge in [-0.15, -0.1) is 0 Å². The number of rotatable bonds is 4. The van der Waals surface area contributed by atoms with Gasteiger partial charge in [0.1, 0.15) is 11.5 Å². The van der Waals surface area contributed by atoms with Gasteiger partial charge in [0.2, 0.25) is 0 Å². The Morgan fingerprint density at radius 1 is 1.05 bits per heavy atom. The molecule has 0 amide bonds. The molecule has 2 rings (SSSR count). The van der Waals surface area contributed by atoms with Gasteiger partial charge in [-0.05, 0) is 18.1 Å². The van der Waals surface area contributed by atoms with Crippen LogP contribution in [0, 0.1) is 11.3 Å². The van der Waals surface area contributed by atoms with E-state index in [2.05, 4.69) is 6.07 Å². The van der Waals surface area contributed by atoms with Gasteiger partial charge >= 0.3 is 0 Å². The van der Waals surface area contributed by atoms with Gasteiger partial charge in [0.15, 0.2) is 0 Å². The van der Waals surface area contributed by atoms with Gasteiger partial charge < -0.3 is 5.11 Å². The van der Waals surface area contributed by atoms with Gasteiger partial charge in [0.25, 0.3) is 0 Å². The molecular formula is C18H17NO. The third-order valence-electron chi connectivity index (χ3n) is 3.26. The molecule has 20 heavy (non-hydrogen) atoms. The zero-order valence-corrected chi connectivity index (χ0v) is 11.4. The number of hydrogen-bond donors (Lipinski definition) is 1. The van der Waals surface area contributed by atoms with Crippen LogP contribution in [0.1, 0.15) is 24.0 Å². The summed E-state index contributed by atoms with van der Waals surface area (Å²) in [5.74, 6) is -0.594. The summed E-state index contributed by atoms with van der Waals surface area (Å²) in [6, 6.07) is 21.3. The standard InChI is InChI=1S/C18H17NO/c1-18(20,13-12-15-8-4-2-5-9-15)17(14-19)16-10-6-3-7-11-16/h2-13,17,20H,1H3/b13-12+. The minimum atomic E-state index is -1.22. The van der Waals surface area contributed by atoms with E-state index in [-0.39, 0.29) is 0 Å². The second kappa shape index (κ2) is 6.18. The molecule has 0 fully saturated rings. The maximum Gasteiger partial charge on any atom is 0.103 e. The first-order chi connectivity index (χ1) is 9.63. The molecule has 0 heterocycles. The van der Waals surface area contributed by atoms with Crippen molar-refractivity contribution in [1.29, 1.82) is 5.26 Å². The lowest BCUT2D eigenvalue weighted by Crippen LogP contribution is -2.29. The van der Waals surface area contributed by atoms with Crippen molar-refractivity contribution in [2.75, 3.05) is 0 Å². The van der Waals surface area contributed by atoms with Crippen LogP contribution in [0.15, 0.2) is 66.7 Å². The number of hydrogen-bond acceptors (Lipinski definition) is 2. The first kappa shape index (κ1) is 14.0. The molecule has 2 nitrogen and oxygen atoms in total. The number of benzene rings is 2. The second-order valence-electron chi connectivity index (χ2n) is 4.94. The Bertz CT molecular complexity index is 609. The van der Waals surface area contributed by atoms with Gasteiger partial charge in [-0.3, -0.25) is 0 Å². The Hall–Kier alpha value is -2.37. The molecule has 0 bridgehead atoms. The van der Waals surface area contributed by atoms with Crippen LogP contribution in [0.4, 0.5) is 0 Å². The molecule has 2 unspecified atom stereocenters. The van der Waals surface area contributed by atoms with Crippen molar-refractivity contribution in [2.24, 2.45) is 0 Å². The molecule has 0 spiro atoms. The van der Waals surface area contributed by atoms with Crippen LogP contribution in [-0.2, 0) is 0 Å². The predicted molar refractivity (Wildman–Crippen MR) is 80.9 cm³/mol. The van der Waals surface area contributed by atoms with Crippen LogP contribution in [0.5, 0.6) is 0 Å². The molecule has 0 aliphatic rings. The van der Waals surface area contributed by atoms with Crippen LogP contribution in [-0.4, -0.2) is 10.7 Å². The molecule has 0 radical (unpaired) electrons. The summed E-state index contributed by atoms with van der Waals surface area (Å²) in [7, 11) is 0. The SMILES string of the molecule is CC(O)(/C=C/c1ccccc1)C(C#N)c1ccccc1. The lowest BCUT2D eigenvalue weighted by atomic mass is 9.84. The van der Waals surface area contributed by atoms with Gasteiger partial charge in [-0.25, -0.2) is 0 Å². The average molecular weight is 263 g/mol. The second-order valence-corrected chi connectivity index (χ2v) is 4.94. The summed E-state index contributed by atoms with van der Waals surface area (Å²) in [5, 5.41) is 19.9. The molecule has 1 N–H and O–H groups in total. The van der Waals surface area contributed by atoms with Crippen molar-refractivity contribution in [2.45, 2.75) is 18.4 Å². The van der Waals surface area contributed by atoms with E-state index in [1.165, 1.54) is 0 Å². The molecule has 0 saturated carbocycles. The lowest BCUT2D eigenvalue weighted by molar-refractivity contribution is 0.0991. The van der Waals surface area contributed by atoms with Gasteiger partial charge in [0.05, 0.1) is 6.07 Å². The molecule has 0 saturated heterocycles. The highest BCUT2D eigenvalue weighted by Gasteiger charge is 2.30. The first-order valence-corrected chi connectivity index (χ1v) is 6.55. The largest absolute Gasteiger partial charge is 0.384 e. The Kier molecular flexibility index (Phi) is 4.34. The molecule has 2 aromatic carbocycles. The van der Waals surface area contributed by atoms with Crippen molar-refractivity contribution in [1.82, 2.24) is 0 Å².